The zero-order valence-electron chi connectivity index (χ0n) is 13.8. The number of nitrogens with two attached hydrogens (primary N) is 1. The van der Waals surface area contributed by atoms with E-state index in [1.807, 2.05) is 4.90 Å². The third-order valence-corrected chi connectivity index (χ3v) is 4.30. The molecule has 1 heterocycles. The molecule has 23 heavy (non-hydrogen) atoms. The predicted molar refractivity (Wildman–Crippen MR) is 87.5 cm³/mol. The van der Waals surface area contributed by atoms with E-state index >= 15 is 0 Å². The number of nitrogens with zero attached hydrogens (tertiary/aromatic N) is 1. The maximum atomic E-state index is 12.2. The number of aliphatic hydroxyl groups is 1. The Labute approximate surface area is 137 Å². The summed E-state index contributed by atoms with van der Waals surface area (Å²) in [6.45, 7) is 3.66. The van der Waals surface area contributed by atoms with Crippen molar-refractivity contribution in [3.05, 3.63) is 23.8 Å². The van der Waals surface area contributed by atoms with Crippen LogP contribution in [0, 0.1) is 5.92 Å². The monoisotopic (exact) mass is 322 g/mol. The van der Waals surface area contributed by atoms with Crippen molar-refractivity contribution in [2.24, 2.45) is 11.7 Å². The molecule has 0 saturated carbocycles. The number of hydrogen-bond donors (Lipinski definition) is 2. The van der Waals surface area contributed by atoms with Crippen molar-refractivity contribution in [2.45, 2.75) is 25.8 Å². The van der Waals surface area contributed by atoms with Gasteiger partial charge < -0.3 is 25.2 Å². The first-order chi connectivity index (χ1) is 11.0. The third-order valence-electron chi connectivity index (χ3n) is 4.30. The van der Waals surface area contributed by atoms with Gasteiger partial charge in [0.15, 0.2) is 18.1 Å². The van der Waals surface area contributed by atoms with Crippen LogP contribution in [0.3, 0.4) is 0 Å². The summed E-state index contributed by atoms with van der Waals surface area (Å²) in [5.41, 5.74) is 6.55. The minimum Gasteiger partial charge on any atom is -0.493 e. The highest BCUT2D eigenvalue weighted by Gasteiger charge is 2.21. The molecular formula is C17H26N2O4. The van der Waals surface area contributed by atoms with Crippen molar-refractivity contribution in [1.82, 2.24) is 4.90 Å². The van der Waals surface area contributed by atoms with Gasteiger partial charge in [-0.15, -0.1) is 0 Å². The molecule has 1 atom stereocenters. The third kappa shape index (κ3) is 4.59. The van der Waals surface area contributed by atoms with E-state index < -0.39 is 6.04 Å². The molecule has 1 saturated heterocycles. The van der Waals surface area contributed by atoms with Gasteiger partial charge >= 0.3 is 0 Å². The molecule has 1 aromatic rings. The minimum atomic E-state index is -0.463. The van der Waals surface area contributed by atoms with Crippen LogP contribution in [0.2, 0.25) is 0 Å². The quantitative estimate of drug-likeness (QED) is 0.825. The van der Waals surface area contributed by atoms with Crippen LogP contribution < -0.4 is 15.2 Å². The number of ether oxygens (including phenoxy) is 2. The molecule has 0 aliphatic carbocycles. The number of hydrogen-bond acceptors (Lipinski definition) is 5. The smallest absolute Gasteiger partial charge is 0.260 e. The molecule has 3 N–H and O–H groups in total. The van der Waals surface area contributed by atoms with Gasteiger partial charge in [-0.25, -0.2) is 0 Å². The van der Waals surface area contributed by atoms with Crippen LogP contribution in [0.4, 0.5) is 0 Å². The van der Waals surface area contributed by atoms with Crippen molar-refractivity contribution in [2.75, 3.05) is 33.4 Å². The number of carbonyl (C=O) groups excluding carboxylic acids is 1. The van der Waals surface area contributed by atoms with Crippen LogP contribution >= 0.6 is 0 Å². The van der Waals surface area contributed by atoms with Crippen LogP contribution in [0.1, 0.15) is 31.4 Å². The highest BCUT2D eigenvalue weighted by molar-refractivity contribution is 5.78. The Morgan fingerprint density at radius 3 is 2.70 bits per heavy atom. The molecule has 1 fully saturated rings. The number of rotatable bonds is 6. The van der Waals surface area contributed by atoms with Crippen molar-refractivity contribution < 1.29 is 19.4 Å². The molecule has 1 amide bonds. The number of likely N-dealkylation sites (tertiary alicyclic amines) is 1. The number of methoxy groups -OCH3 is 1. The Balaban J connectivity index is 1.95. The van der Waals surface area contributed by atoms with E-state index in [1.54, 1.807) is 18.2 Å². The van der Waals surface area contributed by atoms with Crippen molar-refractivity contribution >= 4 is 5.91 Å². The number of benzene rings is 1. The summed E-state index contributed by atoms with van der Waals surface area (Å²) >= 11 is 0. The van der Waals surface area contributed by atoms with Gasteiger partial charge in [-0.3, -0.25) is 4.79 Å². The Morgan fingerprint density at radius 1 is 1.39 bits per heavy atom. The summed E-state index contributed by atoms with van der Waals surface area (Å²) in [7, 11) is 1.53. The van der Waals surface area contributed by atoms with Gasteiger partial charge in [0.1, 0.15) is 0 Å². The number of carbonyl (C=O) groups is 1. The van der Waals surface area contributed by atoms with Gasteiger partial charge in [-0.1, -0.05) is 13.0 Å². The molecule has 0 spiro atoms. The Bertz CT molecular complexity index is 527. The molecule has 1 aromatic carbocycles. The standard InChI is InChI=1S/C17H26N2O4/c1-12-5-7-19(8-6-12)17(21)11-23-15-4-3-13(14(18)10-20)9-16(15)22-2/h3-4,9,12,14,20H,5-8,10-11,18H2,1-2H3/t14-/m0/s1. The summed E-state index contributed by atoms with van der Waals surface area (Å²) in [4.78, 5) is 14.1. The molecule has 0 unspecified atom stereocenters. The topological polar surface area (TPSA) is 85.0 Å². The lowest BCUT2D eigenvalue weighted by atomic mass is 9.99. The summed E-state index contributed by atoms with van der Waals surface area (Å²) < 4.78 is 10.9. The lowest BCUT2D eigenvalue weighted by Gasteiger charge is -2.30. The fourth-order valence-electron chi connectivity index (χ4n) is 2.63. The first-order valence-electron chi connectivity index (χ1n) is 8.00. The maximum absolute atomic E-state index is 12.2. The highest BCUT2D eigenvalue weighted by Crippen LogP contribution is 2.30. The molecule has 0 radical (unpaired) electrons. The van der Waals surface area contributed by atoms with Crippen molar-refractivity contribution in [3.63, 3.8) is 0 Å². The Kier molecular flexibility index (Phi) is 6.24. The fraction of sp³-hybridized carbons (Fsp3) is 0.588. The van der Waals surface area contributed by atoms with E-state index in [-0.39, 0.29) is 19.1 Å². The lowest BCUT2D eigenvalue weighted by Crippen LogP contribution is -2.40. The molecule has 0 aromatic heterocycles. The van der Waals surface area contributed by atoms with Crippen LogP contribution in [0.25, 0.3) is 0 Å². The normalized spacial score (nSPS) is 17.0. The number of amides is 1. The van der Waals surface area contributed by atoms with Gasteiger partial charge in [0, 0.05) is 13.1 Å². The SMILES string of the molecule is COc1cc([C@@H](N)CO)ccc1OCC(=O)N1CCC(C)CC1. The highest BCUT2D eigenvalue weighted by atomic mass is 16.5. The van der Waals surface area contributed by atoms with Gasteiger partial charge in [-0.05, 0) is 36.5 Å². The van der Waals surface area contributed by atoms with E-state index in [4.69, 9.17) is 20.3 Å². The summed E-state index contributed by atoms with van der Waals surface area (Å²) in [5, 5.41) is 9.11. The molecular weight excluding hydrogens is 296 g/mol. The Hall–Kier alpha value is -1.79. The number of piperidine rings is 1. The summed E-state index contributed by atoms with van der Waals surface area (Å²) in [6.07, 6.45) is 2.09. The van der Waals surface area contributed by atoms with Crippen molar-refractivity contribution in [1.29, 1.82) is 0 Å². The number of aliphatic hydroxyl groups excluding tert-OH is 1. The van der Waals surface area contributed by atoms with Crippen LogP contribution in [-0.4, -0.2) is 49.3 Å². The average molecular weight is 322 g/mol. The van der Waals surface area contributed by atoms with E-state index in [9.17, 15) is 4.79 Å². The molecule has 2 rings (SSSR count). The first-order valence-corrected chi connectivity index (χ1v) is 8.00. The van der Waals surface area contributed by atoms with Gasteiger partial charge in [-0.2, -0.15) is 0 Å². The van der Waals surface area contributed by atoms with E-state index in [0.29, 0.717) is 17.4 Å². The summed E-state index contributed by atoms with van der Waals surface area (Å²) in [6, 6.07) is 4.75. The molecule has 0 bridgehead atoms. The maximum Gasteiger partial charge on any atom is 0.260 e. The van der Waals surface area contributed by atoms with Crippen LogP contribution in [0.15, 0.2) is 18.2 Å². The van der Waals surface area contributed by atoms with Gasteiger partial charge in [0.2, 0.25) is 0 Å². The molecule has 1 aliphatic rings. The van der Waals surface area contributed by atoms with Crippen LogP contribution in [-0.2, 0) is 4.79 Å². The van der Waals surface area contributed by atoms with E-state index in [1.165, 1.54) is 7.11 Å². The second-order valence-electron chi connectivity index (χ2n) is 6.05. The second kappa shape index (κ2) is 8.17. The molecule has 6 heteroatoms. The zero-order valence-corrected chi connectivity index (χ0v) is 13.8. The Morgan fingerprint density at radius 2 is 2.09 bits per heavy atom. The molecule has 128 valence electrons. The summed E-state index contributed by atoms with van der Waals surface area (Å²) in [5.74, 6) is 1.69. The largest absolute Gasteiger partial charge is 0.493 e. The zero-order chi connectivity index (χ0) is 16.8. The van der Waals surface area contributed by atoms with Crippen LogP contribution in [0.5, 0.6) is 11.5 Å². The predicted octanol–water partition coefficient (Wildman–Crippen LogP) is 1.32. The fourth-order valence-corrected chi connectivity index (χ4v) is 2.63. The van der Waals surface area contributed by atoms with E-state index in [0.717, 1.165) is 31.5 Å². The molecule has 1 aliphatic heterocycles. The van der Waals surface area contributed by atoms with Gasteiger partial charge in [0.05, 0.1) is 19.8 Å². The van der Waals surface area contributed by atoms with Crippen molar-refractivity contribution in [3.8, 4) is 11.5 Å². The van der Waals surface area contributed by atoms with E-state index in [2.05, 4.69) is 6.92 Å². The first kappa shape index (κ1) is 17.6. The molecule has 6 nitrogen and oxygen atoms in total. The van der Waals surface area contributed by atoms with Gasteiger partial charge in [0.25, 0.3) is 5.91 Å². The second-order valence-corrected chi connectivity index (χ2v) is 6.05. The minimum absolute atomic E-state index is 0.00383. The average Bonchev–Trinajstić information content (AvgIpc) is 2.59. The lowest BCUT2D eigenvalue weighted by molar-refractivity contribution is -0.134.